The van der Waals surface area contributed by atoms with Gasteiger partial charge in [-0.25, -0.2) is 0 Å². The monoisotopic (exact) mass is 305 g/mol. The summed E-state index contributed by atoms with van der Waals surface area (Å²) in [5, 5.41) is 9.38. The first-order valence-electron chi connectivity index (χ1n) is 6.54. The van der Waals surface area contributed by atoms with Crippen molar-refractivity contribution in [2.45, 2.75) is 12.9 Å². The second-order valence-electron chi connectivity index (χ2n) is 5.48. The minimum Gasteiger partial charge on any atom is -0.405 e. The fourth-order valence-electron chi connectivity index (χ4n) is 2.40. The number of aliphatic hydroxyl groups is 1. The predicted molar refractivity (Wildman–Crippen MR) is 69.8 cm³/mol. The number of aliphatic hydroxyl groups excluding tert-OH is 1. The third-order valence-electron chi connectivity index (χ3n) is 3.40. The molecule has 1 saturated heterocycles. The van der Waals surface area contributed by atoms with Crippen LogP contribution in [0.15, 0.2) is 24.3 Å². The molecule has 2 rings (SSSR count). The van der Waals surface area contributed by atoms with Gasteiger partial charge in [-0.05, 0) is 13.1 Å². The lowest BCUT2D eigenvalue weighted by Gasteiger charge is -2.42. The maximum atomic E-state index is 12.4. The van der Waals surface area contributed by atoms with Gasteiger partial charge in [-0.3, -0.25) is 0 Å². The topological polar surface area (TPSA) is 41.9 Å². The van der Waals surface area contributed by atoms with Gasteiger partial charge in [0.15, 0.2) is 0 Å². The van der Waals surface area contributed by atoms with Gasteiger partial charge < -0.3 is 19.5 Å². The number of benzene rings is 1. The van der Waals surface area contributed by atoms with E-state index in [-0.39, 0.29) is 17.8 Å². The summed E-state index contributed by atoms with van der Waals surface area (Å²) in [5.41, 5.74) is 0.139. The molecule has 0 aromatic heterocycles. The molecule has 0 amide bonds. The first-order chi connectivity index (χ1) is 9.84. The molecule has 0 radical (unpaired) electrons. The summed E-state index contributed by atoms with van der Waals surface area (Å²) in [6.45, 7) is 1.78. The van der Waals surface area contributed by atoms with Crippen LogP contribution in [0.1, 0.15) is 5.56 Å². The molecule has 1 N–H and O–H groups in total. The Balaban J connectivity index is 2.02. The van der Waals surface area contributed by atoms with E-state index in [1.165, 1.54) is 12.1 Å². The van der Waals surface area contributed by atoms with E-state index in [2.05, 4.69) is 4.74 Å². The minimum atomic E-state index is -4.71. The lowest BCUT2D eigenvalue weighted by molar-refractivity contribution is -0.275. The van der Waals surface area contributed by atoms with E-state index in [0.717, 1.165) is 0 Å². The number of halogens is 3. The summed E-state index contributed by atoms with van der Waals surface area (Å²) in [6.07, 6.45) is -4.71. The van der Waals surface area contributed by atoms with Crippen LogP contribution in [0.2, 0.25) is 0 Å². The van der Waals surface area contributed by atoms with E-state index in [0.29, 0.717) is 31.9 Å². The number of rotatable bonds is 6. The van der Waals surface area contributed by atoms with Crippen molar-refractivity contribution >= 4 is 0 Å². The van der Waals surface area contributed by atoms with E-state index >= 15 is 0 Å². The number of hydrogen-bond donors (Lipinski definition) is 1. The normalized spacial score (nSPS) is 17.6. The van der Waals surface area contributed by atoms with Crippen molar-refractivity contribution in [2.75, 3.05) is 33.4 Å². The highest BCUT2D eigenvalue weighted by molar-refractivity contribution is 5.33. The van der Waals surface area contributed by atoms with E-state index in [4.69, 9.17) is 4.74 Å². The third kappa shape index (κ3) is 4.33. The summed E-state index contributed by atoms with van der Waals surface area (Å²) < 4.78 is 46.2. The van der Waals surface area contributed by atoms with Crippen LogP contribution in [0.4, 0.5) is 13.2 Å². The van der Waals surface area contributed by atoms with Crippen LogP contribution in [0.3, 0.4) is 0 Å². The highest BCUT2D eigenvalue weighted by Crippen LogP contribution is 2.30. The Bertz CT molecular complexity index is 469. The number of alkyl halides is 3. The average Bonchev–Trinajstić information content (AvgIpc) is 2.34. The first kappa shape index (κ1) is 16.1. The highest BCUT2D eigenvalue weighted by Gasteiger charge is 2.39. The van der Waals surface area contributed by atoms with Crippen molar-refractivity contribution in [3.05, 3.63) is 29.8 Å². The van der Waals surface area contributed by atoms with Crippen molar-refractivity contribution < 1.29 is 27.8 Å². The quantitative estimate of drug-likeness (QED) is 0.873. The molecular weight excluding hydrogens is 287 g/mol. The van der Waals surface area contributed by atoms with Crippen LogP contribution >= 0.6 is 0 Å². The largest absolute Gasteiger partial charge is 0.573 e. The second-order valence-corrected chi connectivity index (χ2v) is 5.48. The number of ether oxygens (including phenoxy) is 2. The lowest BCUT2D eigenvalue weighted by atomic mass is 9.86. The number of hydrogen-bond acceptors (Lipinski definition) is 4. The molecule has 1 heterocycles. The zero-order chi connectivity index (χ0) is 15.5. The smallest absolute Gasteiger partial charge is 0.405 e. The van der Waals surface area contributed by atoms with Crippen LogP contribution in [-0.2, 0) is 11.3 Å². The Kier molecular flexibility index (Phi) is 4.75. The summed E-state index contributed by atoms with van der Waals surface area (Å²) in [7, 11) is 1.79. The fraction of sp³-hybridized carbons (Fsp3) is 0.571. The van der Waals surface area contributed by atoms with Gasteiger partial charge >= 0.3 is 6.36 Å². The molecule has 0 spiro atoms. The van der Waals surface area contributed by atoms with Crippen LogP contribution in [0.5, 0.6) is 5.75 Å². The summed E-state index contributed by atoms with van der Waals surface area (Å²) in [4.78, 5) is 1.86. The maximum Gasteiger partial charge on any atom is 0.573 e. The molecule has 1 aromatic rings. The molecule has 1 aromatic carbocycles. The van der Waals surface area contributed by atoms with Crippen LogP contribution in [0, 0.1) is 5.41 Å². The van der Waals surface area contributed by atoms with Crippen molar-refractivity contribution in [3.63, 3.8) is 0 Å². The first-order valence-corrected chi connectivity index (χ1v) is 6.54. The van der Waals surface area contributed by atoms with Gasteiger partial charge in [0.2, 0.25) is 0 Å². The van der Waals surface area contributed by atoms with Crippen LogP contribution in [-0.4, -0.2) is 49.8 Å². The molecule has 0 unspecified atom stereocenters. The summed E-state index contributed by atoms with van der Waals surface area (Å²) >= 11 is 0. The van der Waals surface area contributed by atoms with Crippen LogP contribution < -0.4 is 4.74 Å². The Labute approximate surface area is 121 Å². The molecule has 118 valence electrons. The second kappa shape index (κ2) is 6.21. The van der Waals surface area contributed by atoms with Gasteiger partial charge in [-0.2, -0.15) is 0 Å². The molecular formula is C14H18F3NO3. The van der Waals surface area contributed by atoms with Crippen molar-refractivity contribution in [1.29, 1.82) is 0 Å². The van der Waals surface area contributed by atoms with Gasteiger partial charge in [0.05, 0.1) is 25.2 Å². The van der Waals surface area contributed by atoms with Gasteiger partial charge in [0, 0.05) is 18.7 Å². The zero-order valence-corrected chi connectivity index (χ0v) is 11.7. The van der Waals surface area contributed by atoms with Gasteiger partial charge in [-0.15, -0.1) is 13.2 Å². The Morgan fingerprint density at radius 1 is 1.33 bits per heavy atom. The molecule has 0 atom stereocenters. The van der Waals surface area contributed by atoms with Gasteiger partial charge in [0.25, 0.3) is 0 Å². The fourth-order valence-corrected chi connectivity index (χ4v) is 2.40. The van der Waals surface area contributed by atoms with Crippen LogP contribution in [0.25, 0.3) is 0 Å². The predicted octanol–water partition coefficient (Wildman–Crippen LogP) is 2.03. The Hall–Kier alpha value is -1.31. The van der Waals surface area contributed by atoms with Crippen molar-refractivity contribution in [2.24, 2.45) is 5.41 Å². The Morgan fingerprint density at radius 2 is 2.00 bits per heavy atom. The summed E-state index contributed by atoms with van der Waals surface area (Å²) in [5.74, 6) is -0.195. The summed E-state index contributed by atoms with van der Waals surface area (Å²) in [6, 6.07) is 6.06. The highest BCUT2D eigenvalue weighted by atomic mass is 19.4. The lowest BCUT2D eigenvalue weighted by Crippen LogP contribution is -2.52. The van der Waals surface area contributed by atoms with E-state index in [9.17, 15) is 18.3 Å². The number of para-hydroxylation sites is 1. The van der Waals surface area contributed by atoms with E-state index < -0.39 is 6.36 Å². The van der Waals surface area contributed by atoms with E-state index in [1.54, 1.807) is 19.2 Å². The van der Waals surface area contributed by atoms with E-state index in [1.807, 2.05) is 4.90 Å². The SMILES string of the molecule is CN(Cc1ccccc1OC(F)(F)F)CC1(CO)COC1. The molecule has 4 nitrogen and oxygen atoms in total. The molecule has 1 aliphatic heterocycles. The molecule has 0 bridgehead atoms. The standard InChI is InChI=1S/C14H18F3NO3/c1-18(7-13(8-19)9-20-10-13)6-11-4-2-3-5-12(11)21-14(15,16)17/h2-5,19H,6-10H2,1H3. The molecule has 1 fully saturated rings. The molecule has 7 heteroatoms. The van der Waals surface area contributed by atoms with Crippen molar-refractivity contribution in [1.82, 2.24) is 4.90 Å². The van der Waals surface area contributed by atoms with Gasteiger partial charge in [-0.1, -0.05) is 18.2 Å². The van der Waals surface area contributed by atoms with Crippen molar-refractivity contribution in [3.8, 4) is 5.75 Å². The molecule has 1 aliphatic rings. The average molecular weight is 305 g/mol. The molecule has 21 heavy (non-hydrogen) atoms. The molecule has 0 aliphatic carbocycles. The maximum absolute atomic E-state index is 12.4. The molecule has 0 saturated carbocycles. The van der Waals surface area contributed by atoms with Gasteiger partial charge in [0.1, 0.15) is 5.75 Å². The third-order valence-corrected chi connectivity index (χ3v) is 3.40. The minimum absolute atomic E-state index is 0.00195. The number of nitrogens with zero attached hydrogens (tertiary/aromatic N) is 1. The Morgan fingerprint density at radius 3 is 2.52 bits per heavy atom. The zero-order valence-electron chi connectivity index (χ0n) is 11.7.